The lowest BCUT2D eigenvalue weighted by atomic mass is 9.97. The average Bonchev–Trinajstić information content (AvgIpc) is 2.37. The maximum atomic E-state index is 12.6. The third-order valence-corrected chi connectivity index (χ3v) is 6.23. The SMILES string of the molecule is CC1(O)CCCN(S(=O)(=O)c2ccc(I)c(C(=O)O)c2)C1. The summed E-state index contributed by atoms with van der Waals surface area (Å²) in [4.78, 5) is 11.1. The Hall–Kier alpha value is -0.710. The Morgan fingerprint density at radius 2 is 2.10 bits per heavy atom. The van der Waals surface area contributed by atoms with E-state index < -0.39 is 21.6 Å². The van der Waals surface area contributed by atoms with Crippen molar-refractivity contribution in [2.75, 3.05) is 13.1 Å². The van der Waals surface area contributed by atoms with Crippen molar-refractivity contribution in [3.05, 3.63) is 27.3 Å². The summed E-state index contributed by atoms with van der Waals surface area (Å²) in [5.41, 5.74) is -1.09. The van der Waals surface area contributed by atoms with Crippen molar-refractivity contribution in [2.24, 2.45) is 0 Å². The van der Waals surface area contributed by atoms with Gasteiger partial charge in [0.1, 0.15) is 0 Å². The van der Waals surface area contributed by atoms with Gasteiger partial charge in [-0.2, -0.15) is 4.31 Å². The van der Waals surface area contributed by atoms with E-state index in [1.165, 1.54) is 22.5 Å². The van der Waals surface area contributed by atoms with Gasteiger partial charge >= 0.3 is 5.97 Å². The molecule has 0 aromatic heterocycles. The second kappa shape index (κ2) is 5.82. The first kappa shape index (κ1) is 16.7. The molecule has 21 heavy (non-hydrogen) atoms. The fraction of sp³-hybridized carbons (Fsp3) is 0.462. The predicted molar refractivity (Wildman–Crippen MR) is 84.7 cm³/mol. The molecule has 1 aliphatic rings. The van der Waals surface area contributed by atoms with Crippen LogP contribution >= 0.6 is 22.6 Å². The summed E-state index contributed by atoms with van der Waals surface area (Å²) in [7, 11) is -3.80. The number of hydrogen-bond donors (Lipinski definition) is 2. The quantitative estimate of drug-likeness (QED) is 0.717. The maximum Gasteiger partial charge on any atom is 0.336 e. The molecule has 0 bridgehead atoms. The lowest BCUT2D eigenvalue weighted by Crippen LogP contribution is -2.48. The standard InChI is InChI=1S/C13H16INO5S/c1-13(18)5-2-6-15(8-13)21(19,20)9-3-4-11(14)10(7-9)12(16)17/h3-4,7,18H,2,5-6,8H2,1H3,(H,16,17). The Morgan fingerprint density at radius 1 is 1.43 bits per heavy atom. The summed E-state index contributed by atoms with van der Waals surface area (Å²) in [6.07, 6.45) is 1.12. The van der Waals surface area contributed by atoms with E-state index in [-0.39, 0.29) is 17.0 Å². The van der Waals surface area contributed by atoms with Gasteiger partial charge in [0.25, 0.3) is 0 Å². The molecule has 116 valence electrons. The van der Waals surface area contributed by atoms with E-state index in [1.54, 1.807) is 6.92 Å². The lowest BCUT2D eigenvalue weighted by molar-refractivity contribution is 0.00939. The first-order valence-corrected chi connectivity index (χ1v) is 8.91. The molecular weight excluding hydrogens is 409 g/mol. The number of nitrogens with zero attached hydrogens (tertiary/aromatic N) is 1. The number of halogens is 1. The van der Waals surface area contributed by atoms with Gasteiger partial charge in [-0.05, 0) is 60.6 Å². The number of hydrogen-bond acceptors (Lipinski definition) is 4. The van der Waals surface area contributed by atoms with Crippen molar-refractivity contribution in [1.82, 2.24) is 4.31 Å². The van der Waals surface area contributed by atoms with Gasteiger partial charge < -0.3 is 10.2 Å². The molecule has 1 atom stereocenters. The number of rotatable bonds is 3. The first-order chi connectivity index (χ1) is 9.63. The summed E-state index contributed by atoms with van der Waals surface area (Å²) in [6, 6.07) is 4.04. The summed E-state index contributed by atoms with van der Waals surface area (Å²) in [5, 5.41) is 19.1. The van der Waals surface area contributed by atoms with Crippen molar-refractivity contribution in [3.63, 3.8) is 0 Å². The van der Waals surface area contributed by atoms with Crippen LogP contribution in [0.15, 0.2) is 23.1 Å². The van der Waals surface area contributed by atoms with Crippen molar-refractivity contribution >= 4 is 38.6 Å². The first-order valence-electron chi connectivity index (χ1n) is 6.39. The smallest absolute Gasteiger partial charge is 0.336 e. The molecule has 0 saturated carbocycles. The highest BCUT2D eigenvalue weighted by Gasteiger charge is 2.35. The number of aromatic carboxylic acids is 1. The molecule has 2 rings (SSSR count). The number of piperidine rings is 1. The normalized spacial score (nSPS) is 24.0. The van der Waals surface area contributed by atoms with Crippen LogP contribution in [0.2, 0.25) is 0 Å². The van der Waals surface area contributed by atoms with Crippen LogP contribution in [0.5, 0.6) is 0 Å². The molecule has 2 N–H and O–H groups in total. The molecule has 6 nitrogen and oxygen atoms in total. The molecular formula is C13H16INO5S. The number of carbonyl (C=O) groups is 1. The highest BCUT2D eigenvalue weighted by atomic mass is 127. The summed E-state index contributed by atoms with van der Waals surface area (Å²) >= 11 is 1.85. The topological polar surface area (TPSA) is 94.9 Å². The Labute approximate surface area is 137 Å². The molecule has 1 saturated heterocycles. The van der Waals surface area contributed by atoms with Crippen molar-refractivity contribution < 1.29 is 23.4 Å². The van der Waals surface area contributed by atoms with E-state index >= 15 is 0 Å². The van der Waals surface area contributed by atoms with Crippen LogP contribution in [0, 0.1) is 3.57 Å². The van der Waals surface area contributed by atoms with E-state index in [1.807, 2.05) is 22.6 Å². The Balaban J connectivity index is 2.40. The highest BCUT2D eigenvalue weighted by Crippen LogP contribution is 2.27. The third kappa shape index (κ3) is 3.55. The average molecular weight is 425 g/mol. The second-order valence-electron chi connectivity index (χ2n) is 5.39. The second-order valence-corrected chi connectivity index (χ2v) is 8.49. The number of β-amino-alcohol motifs (C(OH)–C–C–N with tert-alkyl or cyclic N) is 1. The summed E-state index contributed by atoms with van der Waals surface area (Å²) < 4.78 is 26.9. The van der Waals surface area contributed by atoms with Gasteiger partial charge in [-0.25, -0.2) is 13.2 Å². The molecule has 0 amide bonds. The molecule has 1 heterocycles. The fourth-order valence-corrected chi connectivity index (χ4v) is 4.55. The van der Waals surface area contributed by atoms with Gasteiger partial charge in [-0.15, -0.1) is 0 Å². The molecule has 1 fully saturated rings. The van der Waals surface area contributed by atoms with Crippen molar-refractivity contribution in [2.45, 2.75) is 30.3 Å². The zero-order valence-electron chi connectivity index (χ0n) is 11.4. The predicted octanol–water partition coefficient (Wildman–Crippen LogP) is 1.52. The van der Waals surface area contributed by atoms with Gasteiger partial charge in [0.15, 0.2) is 0 Å². The number of sulfonamides is 1. The Bertz CT molecular complexity index is 671. The van der Waals surface area contributed by atoms with Gasteiger partial charge in [0, 0.05) is 16.7 Å². The zero-order valence-corrected chi connectivity index (χ0v) is 14.4. The Morgan fingerprint density at radius 3 is 2.67 bits per heavy atom. The number of aliphatic hydroxyl groups is 1. The Kier molecular flexibility index (Phi) is 4.62. The molecule has 1 aliphatic heterocycles. The molecule has 0 spiro atoms. The minimum absolute atomic E-state index is 0.0176. The van der Waals surface area contributed by atoms with Gasteiger partial charge in [-0.3, -0.25) is 0 Å². The van der Waals surface area contributed by atoms with E-state index in [9.17, 15) is 18.3 Å². The van der Waals surface area contributed by atoms with Crippen molar-refractivity contribution in [3.8, 4) is 0 Å². The van der Waals surface area contributed by atoms with Gasteiger partial charge in [-0.1, -0.05) is 0 Å². The molecule has 1 unspecified atom stereocenters. The van der Waals surface area contributed by atoms with Crippen molar-refractivity contribution in [1.29, 1.82) is 0 Å². The summed E-state index contributed by atoms with van der Waals surface area (Å²) in [6.45, 7) is 1.95. The largest absolute Gasteiger partial charge is 0.478 e. The van der Waals surface area contributed by atoms with Crippen LogP contribution in [0.1, 0.15) is 30.1 Å². The van der Waals surface area contributed by atoms with Gasteiger partial charge in [0.2, 0.25) is 10.0 Å². The van der Waals surface area contributed by atoms with E-state index in [0.29, 0.717) is 23.0 Å². The molecule has 8 heteroatoms. The number of carboxylic acids is 1. The number of benzene rings is 1. The molecule has 0 radical (unpaired) electrons. The van der Waals surface area contributed by atoms with Crippen LogP contribution in [-0.4, -0.2) is 47.6 Å². The van der Waals surface area contributed by atoms with Crippen LogP contribution in [0.25, 0.3) is 0 Å². The molecule has 1 aromatic carbocycles. The zero-order chi connectivity index (χ0) is 15.8. The number of carboxylic acid groups (broad SMARTS) is 1. The lowest BCUT2D eigenvalue weighted by Gasteiger charge is -2.35. The fourth-order valence-electron chi connectivity index (χ4n) is 2.36. The minimum atomic E-state index is -3.80. The maximum absolute atomic E-state index is 12.6. The highest BCUT2D eigenvalue weighted by molar-refractivity contribution is 14.1. The van der Waals surface area contributed by atoms with E-state index in [2.05, 4.69) is 0 Å². The van der Waals surface area contributed by atoms with Gasteiger partial charge in [0.05, 0.1) is 16.1 Å². The summed E-state index contributed by atoms with van der Waals surface area (Å²) in [5.74, 6) is -1.16. The van der Waals surface area contributed by atoms with Crippen LogP contribution in [0.4, 0.5) is 0 Å². The molecule has 1 aromatic rings. The van der Waals surface area contributed by atoms with E-state index in [4.69, 9.17) is 5.11 Å². The van der Waals surface area contributed by atoms with Crippen LogP contribution in [0.3, 0.4) is 0 Å². The minimum Gasteiger partial charge on any atom is -0.478 e. The monoisotopic (exact) mass is 425 g/mol. The van der Waals surface area contributed by atoms with Crippen LogP contribution < -0.4 is 0 Å². The van der Waals surface area contributed by atoms with Crippen LogP contribution in [-0.2, 0) is 10.0 Å². The molecule has 0 aliphatic carbocycles. The van der Waals surface area contributed by atoms with E-state index in [0.717, 1.165) is 0 Å². The third-order valence-electron chi connectivity index (χ3n) is 3.45.